The Balaban J connectivity index is 1.36. The Labute approximate surface area is 173 Å². The molecule has 0 fully saturated rings. The van der Waals surface area contributed by atoms with E-state index < -0.39 is 0 Å². The lowest BCUT2D eigenvalue weighted by atomic mass is 9.99. The SMILES string of the molecule is Cc1cc(C(=O)N2CC=C(c3c[nH]c4cc(F)ccc34)CC2)nn1-c1ccccc1. The monoisotopic (exact) mass is 400 g/mol. The number of fused-ring (bicyclic) bond motifs is 1. The van der Waals surface area contributed by atoms with E-state index in [1.54, 1.807) is 10.7 Å². The van der Waals surface area contributed by atoms with Crippen LogP contribution < -0.4 is 0 Å². The van der Waals surface area contributed by atoms with Crippen molar-refractivity contribution in [2.45, 2.75) is 13.3 Å². The number of hydrogen-bond acceptors (Lipinski definition) is 2. The minimum Gasteiger partial charge on any atom is -0.360 e. The molecule has 5 rings (SSSR count). The zero-order valence-corrected chi connectivity index (χ0v) is 16.6. The molecule has 6 heteroatoms. The minimum absolute atomic E-state index is 0.0657. The summed E-state index contributed by atoms with van der Waals surface area (Å²) in [6, 6.07) is 16.4. The Morgan fingerprint density at radius 3 is 2.73 bits per heavy atom. The molecule has 30 heavy (non-hydrogen) atoms. The number of aryl methyl sites for hydroxylation is 1. The molecule has 150 valence electrons. The number of aromatic nitrogens is 3. The maximum Gasteiger partial charge on any atom is 0.274 e. The molecule has 0 atom stereocenters. The van der Waals surface area contributed by atoms with Gasteiger partial charge in [-0.2, -0.15) is 5.10 Å². The molecular formula is C24H21FN4O. The van der Waals surface area contributed by atoms with Crippen molar-refractivity contribution in [3.8, 4) is 5.69 Å². The van der Waals surface area contributed by atoms with E-state index in [2.05, 4.69) is 16.2 Å². The molecule has 0 aliphatic carbocycles. The van der Waals surface area contributed by atoms with Crippen LogP contribution in [0.1, 0.15) is 28.2 Å². The summed E-state index contributed by atoms with van der Waals surface area (Å²) in [5, 5.41) is 5.54. The summed E-state index contributed by atoms with van der Waals surface area (Å²) >= 11 is 0. The predicted molar refractivity (Wildman–Crippen MR) is 115 cm³/mol. The summed E-state index contributed by atoms with van der Waals surface area (Å²) in [4.78, 5) is 18.0. The van der Waals surface area contributed by atoms with E-state index in [0.717, 1.165) is 34.3 Å². The van der Waals surface area contributed by atoms with Crippen LogP contribution in [0, 0.1) is 12.7 Å². The van der Waals surface area contributed by atoms with Gasteiger partial charge in [-0.25, -0.2) is 9.07 Å². The molecule has 5 nitrogen and oxygen atoms in total. The first kappa shape index (κ1) is 18.4. The molecule has 0 bridgehead atoms. The number of nitrogens with one attached hydrogen (secondary N) is 1. The number of halogens is 1. The van der Waals surface area contributed by atoms with Gasteiger partial charge in [0.2, 0.25) is 0 Å². The number of aromatic amines is 1. The number of carbonyl (C=O) groups is 1. The Hall–Kier alpha value is -3.67. The Morgan fingerprint density at radius 2 is 1.97 bits per heavy atom. The number of amides is 1. The van der Waals surface area contributed by atoms with Gasteiger partial charge in [-0.1, -0.05) is 24.3 Å². The van der Waals surface area contributed by atoms with E-state index in [0.29, 0.717) is 18.8 Å². The van der Waals surface area contributed by atoms with E-state index in [1.807, 2.05) is 54.4 Å². The average Bonchev–Trinajstić information content (AvgIpc) is 3.37. The highest BCUT2D eigenvalue weighted by Crippen LogP contribution is 2.30. The summed E-state index contributed by atoms with van der Waals surface area (Å²) in [7, 11) is 0. The third kappa shape index (κ3) is 3.20. The summed E-state index contributed by atoms with van der Waals surface area (Å²) in [6.07, 6.45) is 4.74. The summed E-state index contributed by atoms with van der Waals surface area (Å²) < 4.78 is 15.2. The van der Waals surface area contributed by atoms with Gasteiger partial charge in [0.25, 0.3) is 5.91 Å². The Morgan fingerprint density at radius 1 is 1.13 bits per heavy atom. The minimum atomic E-state index is -0.254. The van der Waals surface area contributed by atoms with Crippen molar-refractivity contribution < 1.29 is 9.18 Å². The molecule has 0 radical (unpaired) electrons. The highest BCUT2D eigenvalue weighted by Gasteiger charge is 2.23. The number of rotatable bonds is 3. The van der Waals surface area contributed by atoms with Crippen LogP contribution in [0.15, 0.2) is 66.9 Å². The first-order valence-electron chi connectivity index (χ1n) is 9.97. The lowest BCUT2D eigenvalue weighted by Crippen LogP contribution is -2.35. The van der Waals surface area contributed by atoms with Crippen LogP contribution in [0.3, 0.4) is 0 Å². The predicted octanol–water partition coefficient (Wildman–Crippen LogP) is 4.73. The Kier molecular flexibility index (Phi) is 4.47. The molecule has 0 saturated carbocycles. The number of carbonyl (C=O) groups excluding carboxylic acids is 1. The maximum atomic E-state index is 13.4. The van der Waals surface area contributed by atoms with Gasteiger partial charge in [0.15, 0.2) is 5.69 Å². The van der Waals surface area contributed by atoms with E-state index in [-0.39, 0.29) is 11.7 Å². The summed E-state index contributed by atoms with van der Waals surface area (Å²) in [6.45, 7) is 3.10. The maximum absolute atomic E-state index is 13.4. The zero-order valence-electron chi connectivity index (χ0n) is 16.6. The molecule has 0 spiro atoms. The van der Waals surface area contributed by atoms with E-state index >= 15 is 0 Å². The lowest BCUT2D eigenvalue weighted by molar-refractivity contribution is 0.0766. The van der Waals surface area contributed by atoms with Crippen LogP contribution in [0.2, 0.25) is 0 Å². The van der Waals surface area contributed by atoms with Gasteiger partial charge in [0.05, 0.1) is 5.69 Å². The fourth-order valence-corrected chi connectivity index (χ4v) is 4.03. The number of para-hydroxylation sites is 1. The van der Waals surface area contributed by atoms with Gasteiger partial charge in [0.1, 0.15) is 5.82 Å². The van der Waals surface area contributed by atoms with Gasteiger partial charge in [-0.3, -0.25) is 4.79 Å². The Bertz CT molecular complexity index is 1270. The normalized spacial score (nSPS) is 14.2. The van der Waals surface area contributed by atoms with Crippen LogP contribution in [-0.4, -0.2) is 38.7 Å². The second kappa shape index (κ2) is 7.30. The van der Waals surface area contributed by atoms with Crippen molar-refractivity contribution in [1.82, 2.24) is 19.7 Å². The summed E-state index contributed by atoms with van der Waals surface area (Å²) in [5.41, 5.74) is 5.33. The van der Waals surface area contributed by atoms with Gasteiger partial charge in [-0.05, 0) is 55.3 Å². The molecule has 1 aliphatic heterocycles. The highest BCUT2D eigenvalue weighted by molar-refractivity contribution is 5.95. The largest absolute Gasteiger partial charge is 0.360 e. The first-order valence-corrected chi connectivity index (χ1v) is 9.97. The van der Waals surface area contributed by atoms with Crippen LogP contribution in [-0.2, 0) is 0 Å². The molecule has 1 amide bonds. The standard InChI is InChI=1S/C24H21FN4O/c1-16-13-23(27-29(16)19-5-3-2-4-6-19)24(30)28-11-9-17(10-12-28)21-15-26-22-14-18(25)7-8-20(21)22/h2-9,13-15,26H,10-12H2,1H3. The van der Waals surface area contributed by atoms with Crippen molar-refractivity contribution in [3.05, 3.63) is 89.6 Å². The zero-order chi connectivity index (χ0) is 20.7. The van der Waals surface area contributed by atoms with E-state index in [9.17, 15) is 9.18 Å². The van der Waals surface area contributed by atoms with Crippen molar-refractivity contribution in [3.63, 3.8) is 0 Å². The average molecular weight is 400 g/mol. The van der Waals surface area contributed by atoms with Gasteiger partial charge in [-0.15, -0.1) is 0 Å². The molecule has 1 aliphatic rings. The van der Waals surface area contributed by atoms with E-state index in [4.69, 9.17) is 0 Å². The molecular weight excluding hydrogens is 379 g/mol. The summed E-state index contributed by atoms with van der Waals surface area (Å²) in [5.74, 6) is -0.320. The van der Waals surface area contributed by atoms with Gasteiger partial charge < -0.3 is 9.88 Å². The van der Waals surface area contributed by atoms with Crippen molar-refractivity contribution in [2.24, 2.45) is 0 Å². The molecule has 0 unspecified atom stereocenters. The van der Waals surface area contributed by atoms with Crippen LogP contribution in [0.5, 0.6) is 0 Å². The number of H-pyrrole nitrogens is 1. The second-order valence-corrected chi connectivity index (χ2v) is 7.54. The molecule has 2 aromatic heterocycles. The second-order valence-electron chi connectivity index (χ2n) is 7.54. The molecule has 0 saturated heterocycles. The highest BCUT2D eigenvalue weighted by atomic mass is 19.1. The number of nitrogens with zero attached hydrogens (tertiary/aromatic N) is 3. The van der Waals surface area contributed by atoms with E-state index in [1.165, 1.54) is 17.7 Å². The van der Waals surface area contributed by atoms with Crippen molar-refractivity contribution in [2.75, 3.05) is 13.1 Å². The molecule has 3 heterocycles. The molecule has 4 aromatic rings. The van der Waals surface area contributed by atoms with Crippen LogP contribution in [0.4, 0.5) is 4.39 Å². The topological polar surface area (TPSA) is 53.9 Å². The fraction of sp³-hybridized carbons (Fsp3) is 0.167. The van der Waals surface area contributed by atoms with Crippen LogP contribution in [0.25, 0.3) is 22.2 Å². The first-order chi connectivity index (χ1) is 14.6. The molecule has 2 aromatic carbocycles. The van der Waals surface area contributed by atoms with Gasteiger partial charge >= 0.3 is 0 Å². The smallest absolute Gasteiger partial charge is 0.274 e. The van der Waals surface area contributed by atoms with Crippen molar-refractivity contribution >= 4 is 22.4 Å². The lowest BCUT2D eigenvalue weighted by Gasteiger charge is -2.25. The third-order valence-corrected chi connectivity index (χ3v) is 5.59. The third-order valence-electron chi connectivity index (χ3n) is 5.59. The van der Waals surface area contributed by atoms with Crippen LogP contribution >= 0.6 is 0 Å². The molecule has 1 N–H and O–H groups in total. The van der Waals surface area contributed by atoms with Crippen molar-refractivity contribution in [1.29, 1.82) is 0 Å². The fourth-order valence-electron chi connectivity index (χ4n) is 4.03. The number of hydrogen-bond donors (Lipinski definition) is 1. The number of benzene rings is 2. The quantitative estimate of drug-likeness (QED) is 0.541. The van der Waals surface area contributed by atoms with Gasteiger partial charge in [0, 0.05) is 41.4 Å².